The zero-order valence-corrected chi connectivity index (χ0v) is 11.7. The first kappa shape index (κ1) is 14.6. The fourth-order valence-corrected chi connectivity index (χ4v) is 1.88. The zero-order chi connectivity index (χ0) is 13.9. The molecule has 4 N–H and O–H groups in total. The maximum atomic E-state index is 11.4. The quantitative estimate of drug-likeness (QED) is 0.453. The molecule has 0 heterocycles. The molecular weight excluding hydrogens is 273 g/mol. The number of carbonyl (C=O) groups excluding carboxylic acids is 1. The number of sulfone groups is 1. The lowest BCUT2D eigenvalue weighted by Crippen LogP contribution is -2.35. The summed E-state index contributed by atoms with van der Waals surface area (Å²) in [6.45, 7) is 0. The first-order valence-corrected chi connectivity index (χ1v) is 7.46. The summed E-state index contributed by atoms with van der Waals surface area (Å²) in [5, 5.41) is 0. The predicted octanol–water partition coefficient (Wildman–Crippen LogP) is -0.192. The van der Waals surface area contributed by atoms with E-state index in [1.807, 2.05) is 0 Å². The molecule has 0 aliphatic heterocycles. The highest BCUT2D eigenvalue weighted by molar-refractivity contribution is 7.90. The second-order valence-electron chi connectivity index (χ2n) is 3.69. The Hall–Kier alpha value is -1.46. The number of hydrogen-bond acceptors (Lipinski definition) is 4. The fourth-order valence-electron chi connectivity index (χ4n) is 1.15. The van der Waals surface area contributed by atoms with Gasteiger partial charge in [-0.1, -0.05) is 6.07 Å². The van der Waals surface area contributed by atoms with E-state index in [0.29, 0.717) is 5.69 Å². The summed E-state index contributed by atoms with van der Waals surface area (Å²) in [7, 11) is -1.13. The normalized spacial score (nSPS) is 14.2. The molecule has 0 bridgehead atoms. The van der Waals surface area contributed by atoms with E-state index < -0.39 is 21.4 Å². The first-order chi connectivity index (χ1) is 8.21. The fraction of sp³-hybridized carbons (Fsp3) is 0.200. The Kier molecular flexibility index (Phi) is 4.43. The van der Waals surface area contributed by atoms with Crippen molar-refractivity contribution in [1.82, 2.24) is 0 Å². The number of hydrogen-bond donors (Lipinski definition) is 2. The van der Waals surface area contributed by atoms with E-state index >= 15 is 0 Å². The SMILES string of the molecule is CS(=O)(=O)c1cccc(N=C(N)C(P)C(N)=O)c1. The molecule has 2 atom stereocenters. The van der Waals surface area contributed by atoms with Crippen molar-refractivity contribution in [1.29, 1.82) is 0 Å². The lowest BCUT2D eigenvalue weighted by Gasteiger charge is -2.06. The lowest BCUT2D eigenvalue weighted by molar-refractivity contribution is -0.116. The Balaban J connectivity index is 3.13. The van der Waals surface area contributed by atoms with Crippen LogP contribution in [0.1, 0.15) is 0 Å². The minimum atomic E-state index is -3.30. The van der Waals surface area contributed by atoms with Crippen LogP contribution in [0.15, 0.2) is 34.2 Å². The van der Waals surface area contributed by atoms with Gasteiger partial charge in [-0.2, -0.15) is 0 Å². The third kappa shape index (κ3) is 3.78. The third-order valence-corrected chi connectivity index (χ3v) is 3.91. The summed E-state index contributed by atoms with van der Waals surface area (Å²) >= 11 is 0. The van der Waals surface area contributed by atoms with Crippen LogP contribution in [0, 0.1) is 0 Å². The van der Waals surface area contributed by atoms with Crippen LogP contribution < -0.4 is 11.5 Å². The van der Waals surface area contributed by atoms with Crippen LogP contribution in [0.25, 0.3) is 0 Å². The van der Waals surface area contributed by atoms with Gasteiger partial charge in [0.25, 0.3) is 0 Å². The summed E-state index contributed by atoms with van der Waals surface area (Å²) < 4.78 is 22.7. The second kappa shape index (κ2) is 5.46. The van der Waals surface area contributed by atoms with Gasteiger partial charge in [0.1, 0.15) is 11.5 Å². The number of amidine groups is 1. The Bertz CT molecular complexity index is 598. The molecule has 6 nitrogen and oxygen atoms in total. The van der Waals surface area contributed by atoms with Crippen LogP contribution in [0.2, 0.25) is 0 Å². The van der Waals surface area contributed by atoms with Gasteiger partial charge in [-0.15, -0.1) is 9.24 Å². The molecular formula is C10H14N3O3PS. The molecule has 1 aromatic carbocycles. The molecule has 0 aromatic heterocycles. The van der Waals surface area contributed by atoms with Gasteiger partial charge in [-0.25, -0.2) is 13.4 Å². The molecule has 0 aliphatic rings. The summed E-state index contributed by atoms with van der Waals surface area (Å²) in [5.74, 6) is -0.612. The van der Waals surface area contributed by atoms with E-state index in [4.69, 9.17) is 11.5 Å². The number of primary amides is 1. The minimum absolute atomic E-state index is 0.0122. The summed E-state index contributed by atoms with van der Waals surface area (Å²) in [6, 6.07) is 5.96. The van der Waals surface area contributed by atoms with Crippen LogP contribution in [-0.4, -0.2) is 32.1 Å². The molecule has 0 fully saturated rings. The van der Waals surface area contributed by atoms with Gasteiger partial charge in [-0.05, 0) is 18.2 Å². The molecule has 2 unspecified atom stereocenters. The third-order valence-electron chi connectivity index (χ3n) is 2.13. The number of benzene rings is 1. The Morgan fingerprint density at radius 1 is 1.39 bits per heavy atom. The predicted molar refractivity (Wildman–Crippen MR) is 73.5 cm³/mol. The molecule has 98 valence electrons. The molecule has 1 rings (SSSR count). The molecule has 1 aromatic rings. The highest BCUT2D eigenvalue weighted by atomic mass is 32.2. The van der Waals surface area contributed by atoms with E-state index in [2.05, 4.69) is 14.2 Å². The Labute approximate surface area is 108 Å². The van der Waals surface area contributed by atoms with E-state index in [-0.39, 0.29) is 10.7 Å². The molecule has 1 amide bonds. The van der Waals surface area contributed by atoms with Gasteiger partial charge in [0.05, 0.1) is 10.6 Å². The van der Waals surface area contributed by atoms with E-state index in [9.17, 15) is 13.2 Å². The average molecular weight is 287 g/mol. The summed E-state index contributed by atoms with van der Waals surface area (Å²) in [4.78, 5) is 15.0. The largest absolute Gasteiger partial charge is 0.386 e. The second-order valence-corrected chi connectivity index (χ2v) is 6.37. The summed E-state index contributed by atoms with van der Waals surface area (Å²) in [6.07, 6.45) is 1.10. The summed E-state index contributed by atoms with van der Waals surface area (Å²) in [5.41, 5.74) is 10.2. The van der Waals surface area contributed by atoms with Crippen molar-refractivity contribution in [3.8, 4) is 0 Å². The number of amides is 1. The van der Waals surface area contributed by atoms with Crippen molar-refractivity contribution in [2.45, 2.75) is 10.6 Å². The van der Waals surface area contributed by atoms with Gasteiger partial charge in [0, 0.05) is 6.26 Å². The number of aliphatic imine (C=N–C) groups is 1. The number of rotatable bonds is 4. The number of carbonyl (C=O) groups is 1. The van der Waals surface area contributed by atoms with Gasteiger partial charge >= 0.3 is 0 Å². The molecule has 0 aliphatic carbocycles. The van der Waals surface area contributed by atoms with Crippen molar-refractivity contribution < 1.29 is 13.2 Å². The molecule has 0 radical (unpaired) electrons. The van der Waals surface area contributed by atoms with Crippen LogP contribution in [0.3, 0.4) is 0 Å². The monoisotopic (exact) mass is 287 g/mol. The lowest BCUT2D eigenvalue weighted by atomic mass is 10.3. The van der Waals surface area contributed by atoms with Crippen molar-refractivity contribution >= 4 is 36.5 Å². The Morgan fingerprint density at radius 3 is 2.50 bits per heavy atom. The van der Waals surface area contributed by atoms with Crippen molar-refractivity contribution in [3.05, 3.63) is 24.3 Å². The van der Waals surface area contributed by atoms with Crippen LogP contribution in [0.5, 0.6) is 0 Å². The van der Waals surface area contributed by atoms with Crippen LogP contribution >= 0.6 is 9.24 Å². The number of nitrogens with zero attached hydrogens (tertiary/aromatic N) is 1. The molecule has 0 saturated heterocycles. The van der Waals surface area contributed by atoms with Crippen LogP contribution in [-0.2, 0) is 14.6 Å². The van der Waals surface area contributed by atoms with Gasteiger partial charge in [0.2, 0.25) is 5.91 Å². The van der Waals surface area contributed by atoms with Crippen molar-refractivity contribution in [2.75, 3.05) is 6.26 Å². The molecule has 8 heteroatoms. The van der Waals surface area contributed by atoms with Crippen molar-refractivity contribution in [2.24, 2.45) is 16.5 Å². The molecule has 18 heavy (non-hydrogen) atoms. The Morgan fingerprint density at radius 2 is 2.00 bits per heavy atom. The minimum Gasteiger partial charge on any atom is -0.386 e. The van der Waals surface area contributed by atoms with Crippen LogP contribution in [0.4, 0.5) is 5.69 Å². The highest BCUT2D eigenvalue weighted by Crippen LogP contribution is 2.18. The topological polar surface area (TPSA) is 116 Å². The average Bonchev–Trinajstić information content (AvgIpc) is 2.27. The maximum absolute atomic E-state index is 11.4. The first-order valence-electron chi connectivity index (χ1n) is 4.91. The van der Waals surface area contributed by atoms with E-state index in [1.54, 1.807) is 12.1 Å². The molecule has 0 spiro atoms. The zero-order valence-electron chi connectivity index (χ0n) is 9.70. The highest BCUT2D eigenvalue weighted by Gasteiger charge is 2.14. The van der Waals surface area contributed by atoms with Crippen molar-refractivity contribution in [3.63, 3.8) is 0 Å². The smallest absolute Gasteiger partial charge is 0.231 e. The van der Waals surface area contributed by atoms with Gasteiger partial charge in [-0.3, -0.25) is 4.79 Å². The van der Waals surface area contributed by atoms with Gasteiger partial charge in [0.15, 0.2) is 9.84 Å². The number of nitrogens with two attached hydrogens (primary N) is 2. The standard InChI is InChI=1S/C10H14N3O3PS/c1-18(15,16)7-4-2-3-6(5-7)13-9(11)8(17)10(12)14/h2-5,8H,17H2,1H3,(H2,11,13)(H2,12,14). The van der Waals surface area contributed by atoms with Gasteiger partial charge < -0.3 is 11.5 Å². The van der Waals surface area contributed by atoms with E-state index in [0.717, 1.165) is 6.26 Å². The van der Waals surface area contributed by atoms with E-state index in [1.165, 1.54) is 12.1 Å². The molecule has 0 saturated carbocycles. The maximum Gasteiger partial charge on any atom is 0.231 e.